The van der Waals surface area contributed by atoms with E-state index in [0.717, 1.165) is 0 Å². The van der Waals surface area contributed by atoms with E-state index in [1.165, 1.54) is 12.1 Å². The molecule has 3 N–H and O–H groups in total. The van der Waals surface area contributed by atoms with E-state index in [2.05, 4.69) is 0 Å². The first kappa shape index (κ1) is 11.4. The lowest BCUT2D eigenvalue weighted by atomic mass is 9.94. The number of hydrogen-bond donors (Lipinski definition) is 2. The first-order valence-electron chi connectivity index (χ1n) is 4.40. The second-order valence-corrected chi connectivity index (χ2v) is 3.63. The molecule has 1 rings (SSSR count). The fourth-order valence-corrected chi connectivity index (χ4v) is 1.72. The van der Waals surface area contributed by atoms with E-state index in [1.807, 2.05) is 0 Å². The van der Waals surface area contributed by atoms with Crippen LogP contribution in [0.4, 0.5) is 4.39 Å². The average molecular weight is 218 g/mol. The van der Waals surface area contributed by atoms with Crippen LogP contribution in [0, 0.1) is 5.82 Å². The molecule has 0 aliphatic heterocycles. The fraction of sp³-hybridized carbons (Fsp3) is 0.400. The number of hydrogen-bond acceptors (Lipinski definition) is 2. The zero-order chi connectivity index (χ0) is 10.7. The summed E-state index contributed by atoms with van der Waals surface area (Å²) in [7, 11) is 0. The van der Waals surface area contributed by atoms with Crippen molar-refractivity contribution in [2.45, 2.75) is 18.9 Å². The molecule has 0 saturated heterocycles. The zero-order valence-corrected chi connectivity index (χ0v) is 8.63. The van der Waals surface area contributed by atoms with Gasteiger partial charge in [-0.05, 0) is 19.1 Å². The summed E-state index contributed by atoms with van der Waals surface area (Å²) in [5.74, 6) is -0.877. The van der Waals surface area contributed by atoms with Gasteiger partial charge in [-0.2, -0.15) is 0 Å². The van der Waals surface area contributed by atoms with Crippen LogP contribution in [0.25, 0.3) is 0 Å². The predicted molar refractivity (Wildman–Crippen MR) is 54.9 cm³/mol. The molecular weight excluding hydrogens is 205 g/mol. The molecule has 4 heteroatoms. The standard InChI is InChI=1S/C10H13ClFNO/c1-6(14)7(5-13)10-8(11)3-2-4-9(10)12/h2-4,6-7,14H,5,13H2,1H3. The molecule has 0 heterocycles. The molecular formula is C10H13ClFNO. The van der Waals surface area contributed by atoms with Gasteiger partial charge < -0.3 is 10.8 Å². The summed E-state index contributed by atoms with van der Waals surface area (Å²) in [6.07, 6.45) is -0.714. The van der Waals surface area contributed by atoms with Gasteiger partial charge in [0.1, 0.15) is 5.82 Å². The van der Waals surface area contributed by atoms with Crippen molar-refractivity contribution in [3.8, 4) is 0 Å². The van der Waals surface area contributed by atoms with Crippen molar-refractivity contribution in [3.05, 3.63) is 34.6 Å². The highest BCUT2D eigenvalue weighted by molar-refractivity contribution is 6.31. The molecule has 1 aromatic carbocycles. The Morgan fingerprint density at radius 1 is 1.57 bits per heavy atom. The molecule has 1 aromatic rings. The van der Waals surface area contributed by atoms with Gasteiger partial charge in [0.15, 0.2) is 0 Å². The summed E-state index contributed by atoms with van der Waals surface area (Å²) in [6.45, 7) is 1.73. The van der Waals surface area contributed by atoms with Gasteiger partial charge in [-0.1, -0.05) is 17.7 Å². The van der Waals surface area contributed by atoms with E-state index in [4.69, 9.17) is 17.3 Å². The van der Waals surface area contributed by atoms with Crippen LogP contribution in [0.3, 0.4) is 0 Å². The third-order valence-corrected chi connectivity index (χ3v) is 2.54. The minimum Gasteiger partial charge on any atom is -0.393 e. The number of rotatable bonds is 3. The van der Waals surface area contributed by atoms with Gasteiger partial charge in [0.2, 0.25) is 0 Å². The monoisotopic (exact) mass is 217 g/mol. The maximum Gasteiger partial charge on any atom is 0.128 e. The Hall–Kier alpha value is -0.640. The molecule has 0 saturated carbocycles. The van der Waals surface area contributed by atoms with Gasteiger partial charge in [0.25, 0.3) is 0 Å². The molecule has 0 radical (unpaired) electrons. The Balaban J connectivity index is 3.15. The number of aliphatic hydroxyl groups is 1. The third kappa shape index (κ3) is 2.23. The zero-order valence-electron chi connectivity index (χ0n) is 7.87. The van der Waals surface area contributed by atoms with Crippen LogP contribution < -0.4 is 5.73 Å². The predicted octanol–water partition coefficient (Wildman–Crippen LogP) is 1.90. The summed E-state index contributed by atoms with van der Waals surface area (Å²) in [4.78, 5) is 0. The summed E-state index contributed by atoms with van der Waals surface area (Å²) < 4.78 is 13.4. The summed E-state index contributed by atoms with van der Waals surface area (Å²) >= 11 is 5.84. The fourth-order valence-electron chi connectivity index (χ4n) is 1.42. The van der Waals surface area contributed by atoms with Crippen LogP contribution in [0.15, 0.2) is 18.2 Å². The van der Waals surface area contributed by atoms with Gasteiger partial charge in [0, 0.05) is 23.0 Å². The molecule has 78 valence electrons. The van der Waals surface area contributed by atoms with E-state index in [1.54, 1.807) is 13.0 Å². The highest BCUT2D eigenvalue weighted by Crippen LogP contribution is 2.28. The van der Waals surface area contributed by atoms with Crippen LogP contribution in [0.2, 0.25) is 5.02 Å². The maximum atomic E-state index is 13.4. The van der Waals surface area contributed by atoms with Crippen molar-refractivity contribution < 1.29 is 9.50 Å². The van der Waals surface area contributed by atoms with Gasteiger partial charge in [-0.3, -0.25) is 0 Å². The van der Waals surface area contributed by atoms with Crippen LogP contribution in [0.5, 0.6) is 0 Å². The molecule has 0 amide bonds. The average Bonchev–Trinajstić information content (AvgIpc) is 2.10. The second-order valence-electron chi connectivity index (χ2n) is 3.22. The van der Waals surface area contributed by atoms with Crippen LogP contribution >= 0.6 is 11.6 Å². The number of aliphatic hydroxyl groups excluding tert-OH is 1. The minimum atomic E-state index is -0.714. The topological polar surface area (TPSA) is 46.2 Å². The number of halogens is 2. The number of nitrogens with two attached hydrogens (primary N) is 1. The molecule has 0 aliphatic rings. The van der Waals surface area contributed by atoms with Gasteiger partial charge in [-0.15, -0.1) is 0 Å². The molecule has 2 atom stereocenters. The Bertz CT molecular complexity index is 297. The number of benzene rings is 1. The molecule has 2 nitrogen and oxygen atoms in total. The van der Waals surface area contributed by atoms with Gasteiger partial charge in [-0.25, -0.2) is 4.39 Å². The van der Waals surface area contributed by atoms with Gasteiger partial charge in [0.05, 0.1) is 6.10 Å². The molecule has 0 fully saturated rings. The highest BCUT2D eigenvalue weighted by Gasteiger charge is 2.21. The Kier molecular flexibility index (Phi) is 3.86. The van der Waals surface area contributed by atoms with Crippen molar-refractivity contribution in [1.29, 1.82) is 0 Å². The molecule has 0 bridgehead atoms. The molecule has 14 heavy (non-hydrogen) atoms. The first-order chi connectivity index (χ1) is 6.57. The largest absolute Gasteiger partial charge is 0.393 e. The van der Waals surface area contributed by atoms with E-state index >= 15 is 0 Å². The highest BCUT2D eigenvalue weighted by atomic mass is 35.5. The van der Waals surface area contributed by atoms with Crippen molar-refractivity contribution >= 4 is 11.6 Å². The van der Waals surface area contributed by atoms with Crippen molar-refractivity contribution in [3.63, 3.8) is 0 Å². The summed E-state index contributed by atoms with van der Waals surface area (Å²) in [5.41, 5.74) is 5.76. The summed E-state index contributed by atoms with van der Waals surface area (Å²) in [5, 5.41) is 9.72. The smallest absolute Gasteiger partial charge is 0.128 e. The van der Waals surface area contributed by atoms with E-state index < -0.39 is 17.8 Å². The quantitative estimate of drug-likeness (QED) is 0.813. The van der Waals surface area contributed by atoms with Crippen molar-refractivity contribution in [2.24, 2.45) is 5.73 Å². The Morgan fingerprint density at radius 3 is 2.64 bits per heavy atom. The SMILES string of the molecule is CC(O)C(CN)c1c(F)cccc1Cl. The molecule has 0 aliphatic carbocycles. The Morgan fingerprint density at radius 2 is 2.21 bits per heavy atom. The van der Waals surface area contributed by atoms with Crippen molar-refractivity contribution in [1.82, 2.24) is 0 Å². The molecule has 0 aromatic heterocycles. The lowest BCUT2D eigenvalue weighted by Gasteiger charge is -2.19. The van der Waals surface area contributed by atoms with Gasteiger partial charge >= 0.3 is 0 Å². The first-order valence-corrected chi connectivity index (χ1v) is 4.77. The van der Waals surface area contributed by atoms with E-state index in [9.17, 15) is 9.50 Å². The molecule has 2 unspecified atom stereocenters. The second kappa shape index (κ2) is 4.73. The maximum absolute atomic E-state index is 13.4. The van der Waals surface area contributed by atoms with Crippen LogP contribution in [-0.4, -0.2) is 17.8 Å². The molecule has 0 spiro atoms. The Labute approximate surface area is 87.5 Å². The van der Waals surface area contributed by atoms with Crippen LogP contribution in [0.1, 0.15) is 18.4 Å². The minimum absolute atomic E-state index is 0.165. The summed E-state index contributed by atoms with van der Waals surface area (Å²) in [6, 6.07) is 4.42. The normalized spacial score (nSPS) is 15.2. The lowest BCUT2D eigenvalue weighted by Crippen LogP contribution is -2.24. The lowest BCUT2D eigenvalue weighted by molar-refractivity contribution is 0.163. The van der Waals surface area contributed by atoms with Crippen LogP contribution in [-0.2, 0) is 0 Å². The van der Waals surface area contributed by atoms with Crippen molar-refractivity contribution in [2.75, 3.05) is 6.54 Å². The van der Waals surface area contributed by atoms with E-state index in [0.29, 0.717) is 10.6 Å². The van der Waals surface area contributed by atoms with E-state index in [-0.39, 0.29) is 6.54 Å². The third-order valence-electron chi connectivity index (χ3n) is 2.21.